The second kappa shape index (κ2) is 6.59. The summed E-state index contributed by atoms with van der Waals surface area (Å²) in [7, 11) is 0. The first-order chi connectivity index (χ1) is 9.56. The molecular formula is C17H30N2S. The van der Waals surface area contributed by atoms with E-state index in [1.807, 2.05) is 11.3 Å². The summed E-state index contributed by atoms with van der Waals surface area (Å²) in [5, 5.41) is 2.21. The average Bonchev–Trinajstić information content (AvgIpc) is 3.07. The second-order valence-corrected chi connectivity index (χ2v) is 7.36. The van der Waals surface area contributed by atoms with Gasteiger partial charge in [0, 0.05) is 17.5 Å². The number of hydrogen-bond donors (Lipinski definition) is 1. The fourth-order valence-electron chi connectivity index (χ4n) is 3.58. The van der Waals surface area contributed by atoms with E-state index in [0.717, 1.165) is 6.42 Å². The molecule has 1 aromatic heterocycles. The molecule has 2 rings (SSSR count). The Labute approximate surface area is 128 Å². The molecule has 0 aliphatic carbocycles. The third-order valence-corrected chi connectivity index (χ3v) is 6.50. The van der Waals surface area contributed by atoms with Gasteiger partial charge in [0.25, 0.3) is 0 Å². The molecule has 1 aliphatic rings. The lowest BCUT2D eigenvalue weighted by molar-refractivity contribution is 0.174. The zero-order valence-corrected chi connectivity index (χ0v) is 14.3. The summed E-state index contributed by atoms with van der Waals surface area (Å²) >= 11 is 1.88. The van der Waals surface area contributed by atoms with Crippen LogP contribution in [0.5, 0.6) is 0 Å². The van der Waals surface area contributed by atoms with Crippen LogP contribution in [0.4, 0.5) is 0 Å². The Bertz CT molecular complexity index is 422. The van der Waals surface area contributed by atoms with Crippen LogP contribution in [0, 0.1) is 12.3 Å². The number of aryl methyl sites for hydroxylation is 1. The summed E-state index contributed by atoms with van der Waals surface area (Å²) in [5.74, 6) is 0. The summed E-state index contributed by atoms with van der Waals surface area (Å²) in [6.07, 6.45) is 4.95. The molecule has 0 amide bonds. The van der Waals surface area contributed by atoms with Crippen molar-refractivity contribution >= 4 is 11.3 Å². The van der Waals surface area contributed by atoms with Crippen LogP contribution in [-0.4, -0.2) is 24.0 Å². The van der Waals surface area contributed by atoms with Gasteiger partial charge >= 0.3 is 0 Å². The second-order valence-electron chi connectivity index (χ2n) is 6.41. The summed E-state index contributed by atoms with van der Waals surface area (Å²) in [6, 6.07) is 2.90. The molecule has 114 valence electrons. The van der Waals surface area contributed by atoms with Crippen molar-refractivity contribution in [3.8, 4) is 0 Å². The maximum Gasteiger partial charge on any atom is 0.0596 e. The molecule has 2 N–H and O–H groups in total. The molecule has 1 fully saturated rings. The van der Waals surface area contributed by atoms with Crippen LogP contribution >= 0.6 is 11.3 Å². The highest BCUT2D eigenvalue weighted by atomic mass is 32.1. The first-order valence-corrected chi connectivity index (χ1v) is 8.98. The fraction of sp³-hybridized carbons (Fsp3) is 0.765. The Morgan fingerprint density at radius 3 is 2.50 bits per heavy atom. The van der Waals surface area contributed by atoms with Crippen molar-refractivity contribution in [2.75, 3.05) is 13.1 Å². The highest BCUT2D eigenvalue weighted by Crippen LogP contribution is 2.42. The van der Waals surface area contributed by atoms with Crippen LogP contribution in [0.3, 0.4) is 0 Å². The highest BCUT2D eigenvalue weighted by Gasteiger charge is 2.40. The van der Waals surface area contributed by atoms with Crippen molar-refractivity contribution < 1.29 is 0 Å². The first kappa shape index (κ1) is 16.0. The lowest BCUT2D eigenvalue weighted by Crippen LogP contribution is -2.40. The van der Waals surface area contributed by atoms with E-state index in [1.165, 1.54) is 42.8 Å². The molecule has 1 aliphatic heterocycles. The van der Waals surface area contributed by atoms with Crippen LogP contribution < -0.4 is 5.73 Å². The number of rotatable bonds is 6. The van der Waals surface area contributed by atoms with Crippen LogP contribution in [0.25, 0.3) is 0 Å². The van der Waals surface area contributed by atoms with E-state index in [2.05, 4.69) is 44.0 Å². The van der Waals surface area contributed by atoms with Crippen LogP contribution in [0.1, 0.15) is 62.9 Å². The monoisotopic (exact) mass is 294 g/mol. The van der Waals surface area contributed by atoms with Gasteiger partial charge in [-0.05, 0) is 61.6 Å². The predicted octanol–water partition coefficient (Wildman–Crippen LogP) is 4.35. The van der Waals surface area contributed by atoms with E-state index in [0.29, 0.717) is 11.5 Å². The van der Waals surface area contributed by atoms with E-state index in [4.69, 9.17) is 5.73 Å². The smallest absolute Gasteiger partial charge is 0.0596 e. The SMILES string of the molecule is CCC(N)C(c1sccc1C)N1CCC(CC)(CC)C1. The standard InChI is InChI=1S/C17H30N2S/c1-5-14(18)15(16-13(4)8-11-20-16)19-10-9-17(6-2,7-3)12-19/h8,11,14-15H,5-7,9-10,12,18H2,1-4H3. The van der Waals surface area contributed by atoms with Crippen molar-refractivity contribution in [3.05, 3.63) is 21.9 Å². The summed E-state index contributed by atoms with van der Waals surface area (Å²) in [6.45, 7) is 11.6. The number of nitrogens with two attached hydrogens (primary N) is 1. The maximum atomic E-state index is 6.49. The van der Waals surface area contributed by atoms with Gasteiger partial charge in [0.2, 0.25) is 0 Å². The number of thiophene rings is 1. The molecule has 20 heavy (non-hydrogen) atoms. The predicted molar refractivity (Wildman–Crippen MR) is 89.3 cm³/mol. The van der Waals surface area contributed by atoms with E-state index in [1.54, 1.807) is 0 Å². The van der Waals surface area contributed by atoms with E-state index in [9.17, 15) is 0 Å². The quantitative estimate of drug-likeness (QED) is 0.845. The lowest BCUT2D eigenvalue weighted by Gasteiger charge is -2.34. The molecule has 1 aromatic rings. The molecule has 2 atom stereocenters. The van der Waals surface area contributed by atoms with Crippen LogP contribution in [0.2, 0.25) is 0 Å². The molecule has 3 heteroatoms. The Balaban J connectivity index is 2.24. The molecule has 2 unspecified atom stereocenters. The Morgan fingerprint density at radius 1 is 1.35 bits per heavy atom. The van der Waals surface area contributed by atoms with Crippen molar-refractivity contribution in [1.29, 1.82) is 0 Å². The molecule has 0 spiro atoms. The van der Waals surface area contributed by atoms with Gasteiger partial charge < -0.3 is 5.73 Å². The Hall–Kier alpha value is -0.380. The van der Waals surface area contributed by atoms with Gasteiger partial charge in [0.15, 0.2) is 0 Å². The van der Waals surface area contributed by atoms with Gasteiger partial charge in [-0.25, -0.2) is 0 Å². The molecule has 0 radical (unpaired) electrons. The van der Waals surface area contributed by atoms with Crippen molar-refractivity contribution in [2.24, 2.45) is 11.1 Å². The van der Waals surface area contributed by atoms with Gasteiger partial charge in [-0.2, -0.15) is 0 Å². The normalized spacial score (nSPS) is 22.1. The highest BCUT2D eigenvalue weighted by molar-refractivity contribution is 7.10. The number of likely N-dealkylation sites (tertiary alicyclic amines) is 1. The van der Waals surface area contributed by atoms with Crippen molar-refractivity contribution in [1.82, 2.24) is 4.90 Å². The van der Waals surface area contributed by atoms with Crippen molar-refractivity contribution in [2.45, 2.75) is 65.5 Å². The molecule has 2 heterocycles. The van der Waals surface area contributed by atoms with E-state index >= 15 is 0 Å². The molecule has 2 nitrogen and oxygen atoms in total. The van der Waals surface area contributed by atoms with Crippen LogP contribution in [-0.2, 0) is 0 Å². The van der Waals surface area contributed by atoms with Gasteiger partial charge in [-0.15, -0.1) is 11.3 Å². The summed E-state index contributed by atoms with van der Waals surface area (Å²) in [5.41, 5.74) is 8.43. The van der Waals surface area contributed by atoms with Gasteiger partial charge in [0.05, 0.1) is 6.04 Å². The summed E-state index contributed by atoms with van der Waals surface area (Å²) < 4.78 is 0. The zero-order chi connectivity index (χ0) is 14.8. The number of hydrogen-bond acceptors (Lipinski definition) is 3. The fourth-order valence-corrected chi connectivity index (χ4v) is 4.71. The summed E-state index contributed by atoms with van der Waals surface area (Å²) in [4.78, 5) is 4.15. The molecule has 0 saturated carbocycles. The number of nitrogens with zero attached hydrogens (tertiary/aromatic N) is 1. The topological polar surface area (TPSA) is 29.3 Å². The first-order valence-electron chi connectivity index (χ1n) is 8.10. The molecular weight excluding hydrogens is 264 g/mol. The average molecular weight is 295 g/mol. The van der Waals surface area contributed by atoms with E-state index < -0.39 is 0 Å². The molecule has 0 bridgehead atoms. The Kier molecular flexibility index (Phi) is 5.27. The zero-order valence-electron chi connectivity index (χ0n) is 13.5. The third kappa shape index (κ3) is 2.95. The van der Waals surface area contributed by atoms with Crippen molar-refractivity contribution in [3.63, 3.8) is 0 Å². The largest absolute Gasteiger partial charge is 0.326 e. The minimum atomic E-state index is 0.247. The molecule has 0 aromatic carbocycles. The third-order valence-electron chi connectivity index (χ3n) is 5.41. The Morgan fingerprint density at radius 2 is 2.05 bits per heavy atom. The minimum absolute atomic E-state index is 0.247. The molecule has 1 saturated heterocycles. The maximum absolute atomic E-state index is 6.49. The van der Waals surface area contributed by atoms with Gasteiger partial charge in [-0.1, -0.05) is 20.8 Å². The van der Waals surface area contributed by atoms with E-state index in [-0.39, 0.29) is 6.04 Å². The minimum Gasteiger partial charge on any atom is -0.326 e. The van der Waals surface area contributed by atoms with Gasteiger partial charge in [-0.3, -0.25) is 4.90 Å². The lowest BCUT2D eigenvalue weighted by atomic mass is 9.82. The van der Waals surface area contributed by atoms with Crippen LogP contribution in [0.15, 0.2) is 11.4 Å². The van der Waals surface area contributed by atoms with Gasteiger partial charge in [0.1, 0.15) is 0 Å².